The molecule has 0 atom stereocenters. The molecule has 1 rings (SSSR count). The number of nitrogens with one attached hydrogen (secondary N) is 2. The van der Waals surface area contributed by atoms with Gasteiger partial charge < -0.3 is 20.3 Å². The van der Waals surface area contributed by atoms with Crippen molar-refractivity contribution in [3.63, 3.8) is 0 Å². The van der Waals surface area contributed by atoms with Crippen molar-refractivity contribution in [2.24, 2.45) is 0 Å². The van der Waals surface area contributed by atoms with Crippen LogP contribution in [0.3, 0.4) is 0 Å². The number of benzene rings is 1. The number of halogens is 1. The molecule has 0 radical (unpaired) electrons. The van der Waals surface area contributed by atoms with Gasteiger partial charge in [0.05, 0.1) is 13.2 Å². The summed E-state index contributed by atoms with van der Waals surface area (Å²) in [6, 6.07) is 6.10. The van der Waals surface area contributed by atoms with Crippen LogP contribution in [0.15, 0.2) is 22.7 Å². The first kappa shape index (κ1) is 17.9. The summed E-state index contributed by atoms with van der Waals surface area (Å²) in [5, 5.41) is 6.15. The standard InChI is InChI=1S/C15H24BrN3O2/c1-4-17-10-12-9-13(16)5-6-14(12)19(2)11-15(20)18-7-8-21-3/h5-6,9,17H,4,7-8,10-11H2,1-3H3,(H,18,20). The van der Waals surface area contributed by atoms with Gasteiger partial charge in [0.2, 0.25) is 5.91 Å². The van der Waals surface area contributed by atoms with Crippen LogP contribution in [0.4, 0.5) is 5.69 Å². The smallest absolute Gasteiger partial charge is 0.239 e. The maximum atomic E-state index is 11.9. The number of likely N-dealkylation sites (N-methyl/N-ethyl adjacent to an activating group) is 1. The van der Waals surface area contributed by atoms with E-state index in [4.69, 9.17) is 4.74 Å². The second-order valence-corrected chi connectivity index (χ2v) is 5.67. The minimum absolute atomic E-state index is 0.00753. The quantitative estimate of drug-likeness (QED) is 0.661. The van der Waals surface area contributed by atoms with Crippen molar-refractivity contribution in [2.45, 2.75) is 13.5 Å². The lowest BCUT2D eigenvalue weighted by Crippen LogP contribution is -2.37. The van der Waals surface area contributed by atoms with Crippen molar-refractivity contribution in [2.75, 3.05) is 45.3 Å². The Labute approximate surface area is 135 Å². The molecule has 0 aliphatic heterocycles. The highest BCUT2D eigenvalue weighted by molar-refractivity contribution is 9.10. The van der Waals surface area contributed by atoms with Crippen molar-refractivity contribution >= 4 is 27.5 Å². The van der Waals surface area contributed by atoms with Crippen LogP contribution in [-0.2, 0) is 16.1 Å². The number of carbonyl (C=O) groups excluding carboxylic acids is 1. The van der Waals surface area contributed by atoms with Gasteiger partial charge >= 0.3 is 0 Å². The zero-order valence-corrected chi connectivity index (χ0v) is 14.5. The third-order valence-electron chi connectivity index (χ3n) is 3.03. The number of methoxy groups -OCH3 is 1. The van der Waals surface area contributed by atoms with Gasteiger partial charge in [0.15, 0.2) is 0 Å². The molecule has 6 heteroatoms. The topological polar surface area (TPSA) is 53.6 Å². The van der Waals surface area contributed by atoms with Gasteiger partial charge in [-0.3, -0.25) is 4.79 Å². The highest BCUT2D eigenvalue weighted by atomic mass is 79.9. The minimum atomic E-state index is -0.00753. The maximum absolute atomic E-state index is 11.9. The Balaban J connectivity index is 2.67. The number of ether oxygens (including phenoxy) is 1. The first-order chi connectivity index (χ1) is 10.1. The Kier molecular flexibility index (Phi) is 8.34. The van der Waals surface area contributed by atoms with Crippen LogP contribution in [0.5, 0.6) is 0 Å². The largest absolute Gasteiger partial charge is 0.383 e. The molecule has 0 bridgehead atoms. The van der Waals surface area contributed by atoms with Gasteiger partial charge in [0.25, 0.3) is 0 Å². The SMILES string of the molecule is CCNCc1cc(Br)ccc1N(C)CC(=O)NCCOC. The molecule has 2 N–H and O–H groups in total. The van der Waals surface area contributed by atoms with Gasteiger partial charge in [-0.1, -0.05) is 22.9 Å². The van der Waals surface area contributed by atoms with E-state index < -0.39 is 0 Å². The zero-order valence-electron chi connectivity index (χ0n) is 12.9. The fourth-order valence-corrected chi connectivity index (χ4v) is 2.39. The van der Waals surface area contributed by atoms with Crippen molar-refractivity contribution in [3.8, 4) is 0 Å². The van der Waals surface area contributed by atoms with Crippen LogP contribution in [-0.4, -0.2) is 46.3 Å². The number of carbonyl (C=O) groups is 1. The van der Waals surface area contributed by atoms with Gasteiger partial charge in [0.1, 0.15) is 0 Å². The van der Waals surface area contributed by atoms with Crippen LogP contribution >= 0.6 is 15.9 Å². The van der Waals surface area contributed by atoms with E-state index in [9.17, 15) is 4.79 Å². The number of anilines is 1. The zero-order chi connectivity index (χ0) is 15.7. The van der Waals surface area contributed by atoms with E-state index in [2.05, 4.69) is 39.6 Å². The molecular weight excluding hydrogens is 334 g/mol. The molecule has 0 saturated heterocycles. The average Bonchev–Trinajstić information content (AvgIpc) is 2.45. The third-order valence-corrected chi connectivity index (χ3v) is 3.52. The fraction of sp³-hybridized carbons (Fsp3) is 0.533. The van der Waals surface area contributed by atoms with Gasteiger partial charge in [-0.15, -0.1) is 0 Å². The lowest BCUT2D eigenvalue weighted by atomic mass is 10.1. The molecule has 118 valence electrons. The van der Waals surface area contributed by atoms with Gasteiger partial charge in [-0.2, -0.15) is 0 Å². The molecule has 0 aliphatic carbocycles. The van der Waals surface area contributed by atoms with Crippen molar-refractivity contribution in [1.82, 2.24) is 10.6 Å². The number of nitrogens with zero attached hydrogens (tertiary/aromatic N) is 1. The molecule has 1 amide bonds. The Morgan fingerprint density at radius 3 is 2.86 bits per heavy atom. The summed E-state index contributed by atoms with van der Waals surface area (Å²) in [7, 11) is 3.54. The first-order valence-electron chi connectivity index (χ1n) is 7.04. The summed E-state index contributed by atoms with van der Waals surface area (Å²) in [6.45, 7) is 5.15. The van der Waals surface area contributed by atoms with Gasteiger partial charge in [-0.05, 0) is 30.3 Å². The molecule has 1 aromatic carbocycles. The van der Waals surface area contributed by atoms with Crippen molar-refractivity contribution in [3.05, 3.63) is 28.2 Å². The minimum Gasteiger partial charge on any atom is -0.383 e. The monoisotopic (exact) mass is 357 g/mol. The number of hydrogen-bond acceptors (Lipinski definition) is 4. The van der Waals surface area contributed by atoms with E-state index in [1.165, 1.54) is 5.56 Å². The predicted molar refractivity (Wildman–Crippen MR) is 89.7 cm³/mol. The third kappa shape index (κ3) is 6.46. The Bertz CT molecular complexity index is 455. The van der Waals surface area contributed by atoms with E-state index in [1.54, 1.807) is 7.11 Å². The normalized spacial score (nSPS) is 10.5. The highest BCUT2D eigenvalue weighted by Gasteiger charge is 2.11. The Hall–Kier alpha value is -1.11. The van der Waals surface area contributed by atoms with Crippen LogP contribution < -0.4 is 15.5 Å². The number of hydrogen-bond donors (Lipinski definition) is 2. The molecule has 0 heterocycles. The molecule has 0 fully saturated rings. The summed E-state index contributed by atoms with van der Waals surface area (Å²) in [5.41, 5.74) is 2.22. The van der Waals surface area contributed by atoms with Crippen molar-refractivity contribution in [1.29, 1.82) is 0 Å². The summed E-state index contributed by atoms with van der Waals surface area (Å²) in [5.74, 6) is -0.00753. The second kappa shape index (κ2) is 9.76. The van der Waals surface area contributed by atoms with Crippen LogP contribution in [0.2, 0.25) is 0 Å². The van der Waals surface area contributed by atoms with Crippen molar-refractivity contribution < 1.29 is 9.53 Å². The van der Waals surface area contributed by atoms with Gasteiger partial charge in [-0.25, -0.2) is 0 Å². The van der Waals surface area contributed by atoms with E-state index in [0.717, 1.165) is 23.2 Å². The lowest BCUT2D eigenvalue weighted by Gasteiger charge is -2.22. The summed E-state index contributed by atoms with van der Waals surface area (Å²) < 4.78 is 5.96. The van der Waals surface area contributed by atoms with E-state index in [-0.39, 0.29) is 5.91 Å². The molecule has 0 unspecified atom stereocenters. The molecule has 0 saturated carbocycles. The summed E-state index contributed by atoms with van der Waals surface area (Å²) >= 11 is 3.49. The van der Waals surface area contributed by atoms with Gasteiger partial charge in [0, 0.05) is 37.4 Å². The Morgan fingerprint density at radius 2 is 2.19 bits per heavy atom. The molecular formula is C15H24BrN3O2. The second-order valence-electron chi connectivity index (χ2n) is 4.75. The maximum Gasteiger partial charge on any atom is 0.239 e. The van der Waals surface area contributed by atoms with Crippen LogP contribution in [0, 0.1) is 0 Å². The molecule has 0 aromatic heterocycles. The molecule has 5 nitrogen and oxygen atoms in total. The molecule has 21 heavy (non-hydrogen) atoms. The van der Waals surface area contributed by atoms with E-state index >= 15 is 0 Å². The molecule has 1 aromatic rings. The summed E-state index contributed by atoms with van der Waals surface area (Å²) in [6.07, 6.45) is 0. The Morgan fingerprint density at radius 1 is 1.43 bits per heavy atom. The first-order valence-corrected chi connectivity index (χ1v) is 7.83. The van der Waals surface area contributed by atoms with E-state index in [1.807, 2.05) is 24.1 Å². The van der Waals surface area contributed by atoms with Crippen LogP contribution in [0.25, 0.3) is 0 Å². The highest BCUT2D eigenvalue weighted by Crippen LogP contribution is 2.23. The molecule has 0 aliphatic rings. The lowest BCUT2D eigenvalue weighted by molar-refractivity contribution is -0.119. The predicted octanol–water partition coefficient (Wildman–Crippen LogP) is 1.76. The summed E-state index contributed by atoms with van der Waals surface area (Å²) in [4.78, 5) is 13.8. The average molecular weight is 358 g/mol. The fourth-order valence-electron chi connectivity index (χ4n) is 1.98. The van der Waals surface area contributed by atoms with E-state index in [0.29, 0.717) is 19.7 Å². The number of rotatable bonds is 9. The number of amides is 1. The molecule has 0 spiro atoms. The van der Waals surface area contributed by atoms with Crippen LogP contribution in [0.1, 0.15) is 12.5 Å².